The molecule has 1 atom stereocenters. The zero-order valence-corrected chi connectivity index (χ0v) is 10.3. The molecule has 1 aliphatic rings. The highest BCUT2D eigenvalue weighted by Gasteiger charge is 2.11. The van der Waals surface area contributed by atoms with E-state index in [9.17, 15) is 0 Å². The lowest BCUT2D eigenvalue weighted by Crippen LogP contribution is -2.33. The number of rotatable bonds is 6. The van der Waals surface area contributed by atoms with Gasteiger partial charge in [0.25, 0.3) is 0 Å². The third-order valence-electron chi connectivity index (χ3n) is 3.12. The molecule has 2 rings (SSSR count). The van der Waals surface area contributed by atoms with E-state index < -0.39 is 0 Å². The molecular formula is C13H21N3O. The Morgan fingerprint density at radius 2 is 2.35 bits per heavy atom. The van der Waals surface area contributed by atoms with Gasteiger partial charge >= 0.3 is 0 Å². The predicted molar refractivity (Wildman–Crippen MR) is 66.6 cm³/mol. The molecule has 0 bridgehead atoms. The molecule has 4 nitrogen and oxygen atoms in total. The predicted octanol–water partition coefficient (Wildman–Crippen LogP) is 1.92. The van der Waals surface area contributed by atoms with Crippen LogP contribution in [0.2, 0.25) is 0 Å². The first-order chi connectivity index (χ1) is 8.45. The Hall–Kier alpha value is -1.00. The smallest absolute Gasteiger partial charge is 0.0903 e. The van der Waals surface area contributed by atoms with Crippen LogP contribution in [0.15, 0.2) is 18.6 Å². The largest absolute Gasteiger partial charge is 0.375 e. The summed E-state index contributed by atoms with van der Waals surface area (Å²) in [5.74, 6) is 0. The van der Waals surface area contributed by atoms with Crippen LogP contribution in [0.3, 0.4) is 0 Å². The van der Waals surface area contributed by atoms with Crippen LogP contribution in [-0.2, 0) is 11.3 Å². The van der Waals surface area contributed by atoms with E-state index in [1.54, 1.807) is 18.6 Å². The molecule has 17 heavy (non-hydrogen) atoms. The minimum absolute atomic E-state index is 0.575. The van der Waals surface area contributed by atoms with Crippen LogP contribution in [0.25, 0.3) is 0 Å². The zero-order chi connectivity index (χ0) is 11.8. The molecule has 0 radical (unpaired) electrons. The number of hydrogen-bond acceptors (Lipinski definition) is 4. The number of aromatic nitrogens is 2. The summed E-state index contributed by atoms with van der Waals surface area (Å²) in [6.45, 7) is 2.58. The van der Waals surface area contributed by atoms with Crippen molar-refractivity contribution in [3.63, 3.8) is 0 Å². The van der Waals surface area contributed by atoms with E-state index >= 15 is 0 Å². The van der Waals surface area contributed by atoms with Gasteiger partial charge in [0.1, 0.15) is 0 Å². The van der Waals surface area contributed by atoms with Crippen LogP contribution in [0.1, 0.15) is 37.8 Å². The first-order valence-corrected chi connectivity index (χ1v) is 6.51. The Morgan fingerprint density at radius 3 is 3.12 bits per heavy atom. The van der Waals surface area contributed by atoms with Gasteiger partial charge in [-0.05, 0) is 32.2 Å². The summed E-state index contributed by atoms with van der Waals surface area (Å²) in [4.78, 5) is 8.17. The van der Waals surface area contributed by atoms with Gasteiger partial charge in [0.2, 0.25) is 0 Å². The van der Waals surface area contributed by atoms with Crippen molar-refractivity contribution in [1.82, 2.24) is 15.3 Å². The summed E-state index contributed by atoms with van der Waals surface area (Å²) < 4.78 is 5.58. The molecule has 0 aromatic carbocycles. The van der Waals surface area contributed by atoms with Crippen molar-refractivity contribution in [2.75, 3.05) is 13.2 Å². The summed E-state index contributed by atoms with van der Waals surface area (Å²) in [6, 6.07) is 0.712. The van der Waals surface area contributed by atoms with Gasteiger partial charge in [-0.15, -0.1) is 0 Å². The number of nitrogens with one attached hydrogen (secondary N) is 1. The van der Waals surface area contributed by atoms with Gasteiger partial charge in [-0.25, -0.2) is 0 Å². The Bertz CT molecular complexity index is 299. The van der Waals surface area contributed by atoms with E-state index in [0.717, 1.165) is 18.7 Å². The number of hydrogen-bond donors (Lipinski definition) is 1. The van der Waals surface area contributed by atoms with Crippen molar-refractivity contribution in [1.29, 1.82) is 0 Å². The van der Waals surface area contributed by atoms with Crippen molar-refractivity contribution >= 4 is 0 Å². The maximum Gasteiger partial charge on any atom is 0.0903 e. The molecule has 1 aliphatic heterocycles. The van der Waals surface area contributed by atoms with E-state index in [1.807, 2.05) is 0 Å². The Morgan fingerprint density at radius 1 is 1.35 bits per heavy atom. The molecule has 1 aromatic rings. The lowest BCUT2D eigenvalue weighted by atomic mass is 10.0. The molecule has 1 saturated heterocycles. The van der Waals surface area contributed by atoms with Gasteiger partial charge in [0, 0.05) is 25.0 Å². The minimum atomic E-state index is 0.575. The Labute approximate surface area is 103 Å². The second kappa shape index (κ2) is 7.35. The molecule has 1 aromatic heterocycles. The standard InChI is InChI=1S/C13H21N3O/c1-2-6-15-12(4-1)5-3-9-17-11-13-10-14-7-8-16-13/h7-8,10,12,15H,1-6,9,11H2/t12-/m0/s1. The van der Waals surface area contributed by atoms with E-state index in [1.165, 1.54) is 32.2 Å². The molecule has 4 heteroatoms. The van der Waals surface area contributed by atoms with Gasteiger partial charge in [-0.2, -0.15) is 0 Å². The molecular weight excluding hydrogens is 214 g/mol. The SMILES string of the molecule is c1cnc(COCCC[C@@H]2CCCCN2)cn1. The monoisotopic (exact) mass is 235 g/mol. The molecule has 1 fully saturated rings. The lowest BCUT2D eigenvalue weighted by Gasteiger charge is -2.23. The van der Waals surface area contributed by atoms with Crippen LogP contribution in [-0.4, -0.2) is 29.2 Å². The summed E-state index contributed by atoms with van der Waals surface area (Å²) in [7, 11) is 0. The second-order valence-electron chi connectivity index (χ2n) is 4.54. The van der Waals surface area contributed by atoms with E-state index in [2.05, 4.69) is 15.3 Å². The molecule has 94 valence electrons. The fraction of sp³-hybridized carbons (Fsp3) is 0.692. The van der Waals surface area contributed by atoms with Crippen molar-refractivity contribution < 1.29 is 4.74 Å². The fourth-order valence-electron chi connectivity index (χ4n) is 2.18. The molecule has 0 aliphatic carbocycles. The molecule has 0 unspecified atom stereocenters. The molecule has 0 amide bonds. The van der Waals surface area contributed by atoms with Crippen LogP contribution in [0, 0.1) is 0 Å². The van der Waals surface area contributed by atoms with Crippen molar-refractivity contribution in [2.24, 2.45) is 0 Å². The van der Waals surface area contributed by atoms with Crippen molar-refractivity contribution in [3.05, 3.63) is 24.3 Å². The van der Waals surface area contributed by atoms with Gasteiger partial charge in [0.15, 0.2) is 0 Å². The van der Waals surface area contributed by atoms with Gasteiger partial charge in [-0.1, -0.05) is 6.42 Å². The number of nitrogens with zero attached hydrogens (tertiary/aromatic N) is 2. The van der Waals surface area contributed by atoms with Crippen LogP contribution in [0.4, 0.5) is 0 Å². The molecule has 0 spiro atoms. The highest BCUT2D eigenvalue weighted by Crippen LogP contribution is 2.11. The van der Waals surface area contributed by atoms with Crippen molar-refractivity contribution in [2.45, 2.75) is 44.8 Å². The van der Waals surface area contributed by atoms with E-state index in [4.69, 9.17) is 4.74 Å². The van der Waals surface area contributed by atoms with Gasteiger partial charge in [-0.3, -0.25) is 9.97 Å². The highest BCUT2D eigenvalue weighted by atomic mass is 16.5. The van der Waals surface area contributed by atoms with Gasteiger partial charge in [0.05, 0.1) is 18.5 Å². The minimum Gasteiger partial charge on any atom is -0.375 e. The number of ether oxygens (including phenoxy) is 1. The first kappa shape index (κ1) is 12.5. The Balaban J connectivity index is 1.51. The topological polar surface area (TPSA) is 47.0 Å². The lowest BCUT2D eigenvalue weighted by molar-refractivity contribution is 0.111. The average Bonchev–Trinajstić information content (AvgIpc) is 2.41. The molecule has 1 N–H and O–H groups in total. The van der Waals surface area contributed by atoms with Crippen LogP contribution >= 0.6 is 0 Å². The van der Waals surface area contributed by atoms with E-state index in [-0.39, 0.29) is 0 Å². The first-order valence-electron chi connectivity index (χ1n) is 6.51. The van der Waals surface area contributed by atoms with Gasteiger partial charge < -0.3 is 10.1 Å². The summed E-state index contributed by atoms with van der Waals surface area (Å²) >= 11 is 0. The molecule has 2 heterocycles. The number of piperidine rings is 1. The molecule has 0 saturated carbocycles. The highest BCUT2D eigenvalue weighted by molar-refractivity contribution is 4.91. The zero-order valence-electron chi connectivity index (χ0n) is 10.3. The van der Waals surface area contributed by atoms with Crippen LogP contribution in [0.5, 0.6) is 0 Å². The summed E-state index contributed by atoms with van der Waals surface area (Å²) in [6.07, 6.45) is 11.5. The van der Waals surface area contributed by atoms with E-state index in [0.29, 0.717) is 12.6 Å². The summed E-state index contributed by atoms with van der Waals surface area (Å²) in [5.41, 5.74) is 0.906. The Kier molecular flexibility index (Phi) is 5.39. The second-order valence-corrected chi connectivity index (χ2v) is 4.54. The third-order valence-corrected chi connectivity index (χ3v) is 3.12. The summed E-state index contributed by atoms with van der Waals surface area (Å²) in [5, 5.41) is 3.55. The normalized spacial score (nSPS) is 20.4. The third kappa shape index (κ3) is 4.79. The maximum atomic E-state index is 5.58. The average molecular weight is 235 g/mol. The fourth-order valence-corrected chi connectivity index (χ4v) is 2.18. The maximum absolute atomic E-state index is 5.58. The van der Waals surface area contributed by atoms with Crippen molar-refractivity contribution in [3.8, 4) is 0 Å². The quantitative estimate of drug-likeness (QED) is 0.765. The van der Waals surface area contributed by atoms with Crippen LogP contribution < -0.4 is 5.32 Å².